The number of amidine groups is 1. The summed E-state index contributed by atoms with van der Waals surface area (Å²) in [6.45, 7) is 2.72. The highest BCUT2D eigenvalue weighted by Gasteiger charge is 2.43. The number of methoxy groups -OCH3 is 1. The van der Waals surface area contributed by atoms with Crippen LogP contribution in [0.2, 0.25) is 0 Å². The lowest BCUT2D eigenvalue weighted by atomic mass is 9.84. The highest BCUT2D eigenvalue weighted by atomic mass is 32.2. The molecule has 0 N–H and O–H groups in total. The van der Waals surface area contributed by atoms with Crippen LogP contribution in [0.15, 0.2) is 64.5 Å². The summed E-state index contributed by atoms with van der Waals surface area (Å²) in [5.74, 6) is -0.173. The summed E-state index contributed by atoms with van der Waals surface area (Å²) in [6, 6.07) is 18.4. The minimum Gasteiger partial charge on any atom is -0.380 e. The van der Waals surface area contributed by atoms with Crippen molar-refractivity contribution < 1.29 is 14.3 Å². The summed E-state index contributed by atoms with van der Waals surface area (Å²) in [7, 11) is 1.65. The van der Waals surface area contributed by atoms with E-state index in [4.69, 9.17) is 9.47 Å². The number of fused-ring (bicyclic) bond motifs is 2. The van der Waals surface area contributed by atoms with Gasteiger partial charge < -0.3 is 14.4 Å². The van der Waals surface area contributed by atoms with E-state index >= 15 is 0 Å². The van der Waals surface area contributed by atoms with Crippen LogP contribution >= 0.6 is 11.8 Å². The second kappa shape index (κ2) is 8.02. The standard InChI is InChI=1S/C24H24N2O3S/c1-28-16-19(17-7-3-2-4-8-17)21-22(27)25-23(30-21)26-13-11-24(12-14-26)20-10-6-5-9-18(20)15-29-24/h2-10H,11-16H2,1H3/b21-19-. The number of ether oxygens (including phenoxy) is 2. The lowest BCUT2D eigenvalue weighted by Gasteiger charge is -2.39. The molecule has 0 aliphatic carbocycles. The van der Waals surface area contributed by atoms with Crippen LogP contribution in [0.25, 0.3) is 5.57 Å². The summed E-state index contributed by atoms with van der Waals surface area (Å²) in [5.41, 5.74) is 4.33. The number of hydrogen-bond donors (Lipinski definition) is 0. The lowest BCUT2D eigenvalue weighted by Crippen LogP contribution is -2.44. The number of amides is 1. The first-order valence-corrected chi connectivity index (χ1v) is 11.1. The molecule has 6 heteroatoms. The van der Waals surface area contributed by atoms with Crippen LogP contribution in [0.1, 0.15) is 29.5 Å². The smallest absolute Gasteiger partial charge is 0.286 e. The van der Waals surface area contributed by atoms with Crippen molar-refractivity contribution in [1.82, 2.24) is 4.90 Å². The van der Waals surface area contributed by atoms with E-state index in [1.165, 1.54) is 22.9 Å². The van der Waals surface area contributed by atoms with Crippen molar-refractivity contribution in [1.29, 1.82) is 0 Å². The topological polar surface area (TPSA) is 51.1 Å². The van der Waals surface area contributed by atoms with Gasteiger partial charge in [-0.3, -0.25) is 4.79 Å². The van der Waals surface area contributed by atoms with Gasteiger partial charge in [-0.25, -0.2) is 0 Å². The van der Waals surface area contributed by atoms with E-state index in [1.54, 1.807) is 7.11 Å². The summed E-state index contributed by atoms with van der Waals surface area (Å²) < 4.78 is 11.7. The molecule has 30 heavy (non-hydrogen) atoms. The van der Waals surface area contributed by atoms with Gasteiger partial charge in [-0.1, -0.05) is 54.6 Å². The minimum absolute atomic E-state index is 0.173. The molecule has 0 bridgehead atoms. The molecule has 2 aromatic rings. The molecule has 0 unspecified atom stereocenters. The predicted octanol–water partition coefficient (Wildman–Crippen LogP) is 4.20. The first-order valence-electron chi connectivity index (χ1n) is 10.3. The normalized spacial score (nSPS) is 21.7. The van der Waals surface area contributed by atoms with Crippen molar-refractivity contribution in [2.45, 2.75) is 25.0 Å². The van der Waals surface area contributed by atoms with Crippen molar-refractivity contribution in [3.05, 3.63) is 76.2 Å². The molecule has 3 aliphatic rings. The quantitative estimate of drug-likeness (QED) is 0.697. The van der Waals surface area contributed by atoms with Crippen molar-refractivity contribution >= 4 is 28.4 Å². The van der Waals surface area contributed by atoms with Crippen molar-refractivity contribution in [2.24, 2.45) is 4.99 Å². The second-order valence-corrected chi connectivity index (χ2v) is 8.81. The molecule has 0 atom stereocenters. The van der Waals surface area contributed by atoms with Crippen LogP contribution in [0, 0.1) is 0 Å². The third-order valence-electron chi connectivity index (χ3n) is 6.12. The molecule has 0 aromatic heterocycles. The number of aliphatic imine (C=N–C) groups is 1. The summed E-state index contributed by atoms with van der Waals surface area (Å²) in [4.78, 5) is 20.0. The fourth-order valence-electron chi connectivity index (χ4n) is 4.54. The van der Waals surface area contributed by atoms with E-state index < -0.39 is 0 Å². The Balaban J connectivity index is 1.34. The van der Waals surface area contributed by atoms with Crippen LogP contribution in [0.5, 0.6) is 0 Å². The molecule has 2 aromatic carbocycles. The first-order chi connectivity index (χ1) is 14.7. The molecule has 0 radical (unpaired) electrons. The zero-order valence-electron chi connectivity index (χ0n) is 17.0. The zero-order chi connectivity index (χ0) is 20.6. The molecule has 1 amide bonds. The Morgan fingerprint density at radius 3 is 2.63 bits per heavy atom. The Morgan fingerprint density at radius 1 is 1.13 bits per heavy atom. The molecule has 5 rings (SSSR count). The minimum atomic E-state index is -0.190. The van der Waals surface area contributed by atoms with Crippen LogP contribution < -0.4 is 0 Å². The molecule has 1 fully saturated rings. The molecule has 5 nitrogen and oxygen atoms in total. The van der Waals surface area contributed by atoms with Gasteiger partial charge in [0.15, 0.2) is 5.17 Å². The maximum Gasteiger partial charge on any atom is 0.286 e. The van der Waals surface area contributed by atoms with Crippen molar-refractivity contribution in [3.8, 4) is 0 Å². The average molecular weight is 421 g/mol. The number of nitrogens with zero attached hydrogens (tertiary/aromatic N) is 2. The molecule has 0 saturated carbocycles. The van der Waals surface area contributed by atoms with Gasteiger partial charge in [0.25, 0.3) is 5.91 Å². The van der Waals surface area contributed by atoms with Gasteiger partial charge >= 0.3 is 0 Å². The zero-order valence-corrected chi connectivity index (χ0v) is 17.8. The molecular weight excluding hydrogens is 396 g/mol. The lowest BCUT2D eigenvalue weighted by molar-refractivity contribution is -0.113. The highest BCUT2D eigenvalue weighted by Crippen LogP contribution is 2.45. The third-order valence-corrected chi connectivity index (χ3v) is 7.28. The monoisotopic (exact) mass is 420 g/mol. The van der Waals surface area contributed by atoms with E-state index in [9.17, 15) is 4.79 Å². The molecule has 1 spiro atoms. The molecule has 1 saturated heterocycles. The van der Waals surface area contributed by atoms with E-state index in [2.05, 4.69) is 34.2 Å². The third kappa shape index (κ3) is 3.39. The molecule has 154 valence electrons. The largest absolute Gasteiger partial charge is 0.380 e. The van der Waals surface area contributed by atoms with Crippen molar-refractivity contribution in [2.75, 3.05) is 26.8 Å². The van der Waals surface area contributed by atoms with E-state index in [-0.39, 0.29) is 11.5 Å². The number of thioether (sulfide) groups is 1. The van der Waals surface area contributed by atoms with Crippen LogP contribution in [-0.2, 0) is 26.5 Å². The van der Waals surface area contributed by atoms with Crippen LogP contribution in [0.3, 0.4) is 0 Å². The molecule has 3 aliphatic heterocycles. The van der Waals surface area contributed by atoms with E-state index in [0.29, 0.717) is 18.1 Å². The number of likely N-dealkylation sites (tertiary alicyclic amines) is 1. The van der Waals surface area contributed by atoms with Gasteiger partial charge in [0.1, 0.15) is 0 Å². The van der Waals surface area contributed by atoms with E-state index in [1.807, 2.05) is 30.3 Å². The Bertz CT molecular complexity index is 1020. The van der Waals surface area contributed by atoms with Gasteiger partial charge in [-0.2, -0.15) is 4.99 Å². The van der Waals surface area contributed by atoms with Gasteiger partial charge in [-0.15, -0.1) is 0 Å². The fraction of sp³-hybridized carbons (Fsp3) is 0.333. The second-order valence-electron chi connectivity index (χ2n) is 7.84. The molecular formula is C24H24N2O3S. The van der Waals surface area contributed by atoms with Gasteiger partial charge in [0.2, 0.25) is 0 Å². The maximum absolute atomic E-state index is 12.8. The number of rotatable bonds is 3. The predicted molar refractivity (Wildman–Crippen MR) is 119 cm³/mol. The summed E-state index contributed by atoms with van der Waals surface area (Å²) >= 11 is 1.47. The first kappa shape index (κ1) is 19.5. The Kier molecular flexibility index (Phi) is 5.23. The van der Waals surface area contributed by atoms with Crippen LogP contribution in [-0.4, -0.2) is 42.8 Å². The SMILES string of the molecule is COC/C(=C1/SC(N2CCC3(CC2)OCc2ccccc23)=NC1=O)c1ccccc1. The number of carbonyl (C=O) groups excluding carboxylic acids is 1. The Morgan fingerprint density at radius 2 is 1.87 bits per heavy atom. The van der Waals surface area contributed by atoms with Crippen molar-refractivity contribution in [3.63, 3.8) is 0 Å². The number of piperidine rings is 1. The average Bonchev–Trinajstić information content (AvgIpc) is 3.35. The van der Waals surface area contributed by atoms with E-state index in [0.717, 1.165) is 42.2 Å². The number of benzene rings is 2. The Labute approximate surface area is 180 Å². The van der Waals surface area contributed by atoms with Gasteiger partial charge in [0.05, 0.1) is 23.7 Å². The summed E-state index contributed by atoms with van der Waals surface area (Å²) in [5, 5.41) is 0.792. The number of carbonyl (C=O) groups is 1. The van der Waals surface area contributed by atoms with Gasteiger partial charge in [0, 0.05) is 25.8 Å². The maximum atomic E-state index is 12.8. The number of hydrogen-bond acceptors (Lipinski definition) is 5. The Hall–Kier alpha value is -2.41. The molecule has 3 heterocycles. The summed E-state index contributed by atoms with van der Waals surface area (Å²) in [6.07, 6.45) is 1.81. The highest BCUT2D eigenvalue weighted by molar-refractivity contribution is 8.18. The van der Waals surface area contributed by atoms with Gasteiger partial charge in [-0.05, 0) is 41.3 Å². The van der Waals surface area contributed by atoms with Crippen LogP contribution in [0.4, 0.5) is 0 Å². The fourth-order valence-corrected chi connectivity index (χ4v) is 5.60.